The third-order valence-corrected chi connectivity index (χ3v) is 9.51. The van der Waals surface area contributed by atoms with Crippen LogP contribution in [0.15, 0.2) is 18.5 Å². The molecule has 3 atom stereocenters. The Kier molecular flexibility index (Phi) is 8.12. The van der Waals surface area contributed by atoms with E-state index < -0.39 is 24.9 Å². The number of nitrogens with zero attached hydrogens (tertiary/aromatic N) is 5. The lowest BCUT2D eigenvalue weighted by molar-refractivity contribution is -0.172. The first-order valence-corrected chi connectivity index (χ1v) is 15.3. The number of halogens is 4. The number of hydrogen-bond acceptors (Lipinski definition) is 7. The van der Waals surface area contributed by atoms with Gasteiger partial charge in [0, 0.05) is 31.0 Å². The molecule has 2 aliphatic carbocycles. The van der Waals surface area contributed by atoms with E-state index in [0.717, 1.165) is 66.2 Å². The average Bonchev–Trinajstić information content (AvgIpc) is 3.80. The van der Waals surface area contributed by atoms with Gasteiger partial charge in [0.25, 0.3) is 0 Å². The Hall–Kier alpha value is -2.15. The number of aldehydes is 1. The molecular weight excluding hydrogens is 552 g/mol. The highest BCUT2D eigenvalue weighted by Crippen LogP contribution is 2.54. The first kappa shape index (κ1) is 29.9. The van der Waals surface area contributed by atoms with E-state index in [4.69, 9.17) is 14.8 Å². The third-order valence-electron chi connectivity index (χ3n) is 9.51. The van der Waals surface area contributed by atoms with Crippen LogP contribution in [-0.2, 0) is 9.53 Å². The summed E-state index contributed by atoms with van der Waals surface area (Å²) in [7, 11) is 1.24. The number of rotatable bonds is 9. The van der Waals surface area contributed by atoms with Crippen molar-refractivity contribution in [2.45, 2.75) is 75.4 Å². The van der Waals surface area contributed by atoms with Gasteiger partial charge in [0.05, 0.1) is 56.5 Å². The molecule has 0 bridgehead atoms. The summed E-state index contributed by atoms with van der Waals surface area (Å²) in [5, 5.41) is 8.58. The van der Waals surface area contributed by atoms with Crippen molar-refractivity contribution >= 4 is 11.9 Å². The van der Waals surface area contributed by atoms with Crippen LogP contribution in [0.2, 0.25) is 0 Å². The minimum Gasteiger partial charge on any atom is -0.378 e. The Morgan fingerprint density at radius 1 is 1.05 bits per heavy atom. The molecule has 0 aromatic carbocycles. The zero-order valence-corrected chi connectivity index (χ0v) is 24.6. The van der Waals surface area contributed by atoms with Crippen LogP contribution in [-0.4, -0.2) is 101 Å². The molecule has 3 aliphatic heterocycles. The molecule has 1 N–H and O–H groups in total. The molecule has 0 radical (unpaired) electrons. The molecule has 0 amide bonds. The lowest BCUT2D eigenvalue weighted by atomic mass is 9.87. The first-order valence-electron chi connectivity index (χ1n) is 15.3. The third kappa shape index (κ3) is 6.09. The van der Waals surface area contributed by atoms with Gasteiger partial charge in [-0.3, -0.25) is 9.80 Å². The number of likely N-dealkylation sites (tertiary alicyclic amines) is 2. The summed E-state index contributed by atoms with van der Waals surface area (Å²) in [6.07, 6.45) is 10.7. The van der Waals surface area contributed by atoms with E-state index in [9.17, 15) is 22.4 Å². The topological polar surface area (TPSA) is 75.0 Å². The van der Waals surface area contributed by atoms with Crippen molar-refractivity contribution in [3.63, 3.8) is 0 Å². The number of carbonyl (C=O) groups is 1. The van der Waals surface area contributed by atoms with Crippen LogP contribution in [0.25, 0.3) is 5.65 Å². The predicted octanol–water partition coefficient (Wildman–Crippen LogP) is 4.02. The summed E-state index contributed by atoms with van der Waals surface area (Å²) in [6, 6.07) is 3.33. The first-order chi connectivity index (χ1) is 20.0. The fraction of sp³-hybridized carbons (Fsp3) is 0.767. The highest BCUT2D eigenvalue weighted by atomic mass is 19.3. The largest absolute Gasteiger partial charge is 0.378 e. The number of hydrogen-bond donors (Lipinski definition) is 1. The minimum absolute atomic E-state index is 0.0127. The van der Waals surface area contributed by atoms with Crippen LogP contribution in [0.5, 0.6) is 0 Å². The molecule has 232 valence electrons. The van der Waals surface area contributed by atoms with Gasteiger partial charge in [0.2, 0.25) is 0 Å². The summed E-state index contributed by atoms with van der Waals surface area (Å²) in [6.45, 7) is 6.05. The standard InChI is InChI=1S/C25H35N5O2.C5H7F4N/c1-15(2)27-25(24(16-3-4-16)17-5-6-17)22-11-30-23(28-22)7-18(8-26-30)21-10-29(9-19(21)12-31)20-13-32-14-20;1-10-2-4(6,7)5(8,9)3-10/h7-8,11-12,15-17,19-21,24-25,27H,3-6,9-10,13-14H2,1-2H3;2-3H2,1H3. The molecule has 2 aromatic heterocycles. The summed E-state index contributed by atoms with van der Waals surface area (Å²) in [5.41, 5.74) is 3.15. The second-order valence-electron chi connectivity index (χ2n) is 13.4. The molecule has 12 heteroatoms. The van der Waals surface area contributed by atoms with Crippen molar-refractivity contribution in [1.29, 1.82) is 0 Å². The molecule has 3 saturated heterocycles. The van der Waals surface area contributed by atoms with Crippen LogP contribution >= 0.6 is 0 Å². The van der Waals surface area contributed by atoms with Crippen LogP contribution in [0.1, 0.15) is 62.7 Å². The molecule has 42 heavy (non-hydrogen) atoms. The van der Waals surface area contributed by atoms with E-state index in [1.165, 1.54) is 32.7 Å². The van der Waals surface area contributed by atoms with E-state index in [2.05, 4.69) is 36.3 Å². The van der Waals surface area contributed by atoms with Gasteiger partial charge in [-0.05, 0) is 62.1 Å². The Labute approximate surface area is 244 Å². The van der Waals surface area contributed by atoms with Gasteiger partial charge >= 0.3 is 11.8 Å². The molecule has 5 heterocycles. The molecular formula is C30H42F4N6O2. The maximum Gasteiger partial charge on any atom is 0.323 e. The van der Waals surface area contributed by atoms with E-state index in [1.54, 1.807) is 0 Å². The van der Waals surface area contributed by atoms with Gasteiger partial charge in [-0.1, -0.05) is 13.8 Å². The number of imidazole rings is 1. The van der Waals surface area contributed by atoms with Gasteiger partial charge in [0.15, 0.2) is 5.65 Å². The van der Waals surface area contributed by atoms with Crippen molar-refractivity contribution in [3.8, 4) is 0 Å². The number of nitrogens with one attached hydrogen (secondary N) is 1. The van der Waals surface area contributed by atoms with E-state index in [0.29, 0.717) is 24.0 Å². The predicted molar refractivity (Wildman–Crippen MR) is 149 cm³/mol. The number of ether oxygens (including phenoxy) is 1. The molecule has 7 rings (SSSR count). The van der Waals surface area contributed by atoms with Gasteiger partial charge in [-0.2, -0.15) is 22.7 Å². The summed E-state index contributed by atoms with van der Waals surface area (Å²) in [5.74, 6) is -5.11. The van der Waals surface area contributed by atoms with Gasteiger partial charge < -0.3 is 14.8 Å². The van der Waals surface area contributed by atoms with Crippen molar-refractivity contribution in [2.24, 2.45) is 23.7 Å². The van der Waals surface area contributed by atoms with Gasteiger partial charge in [0.1, 0.15) is 6.29 Å². The molecule has 2 aromatic rings. The molecule has 3 unspecified atom stereocenters. The Balaban J connectivity index is 0.000000269. The Morgan fingerprint density at radius 2 is 1.69 bits per heavy atom. The number of aromatic nitrogens is 3. The normalized spacial score (nSPS) is 28.7. The molecule has 5 aliphatic rings. The lowest BCUT2D eigenvalue weighted by Gasteiger charge is -2.34. The second kappa shape index (κ2) is 11.4. The quantitative estimate of drug-likeness (QED) is 0.347. The molecule has 0 spiro atoms. The van der Waals surface area contributed by atoms with Crippen LogP contribution in [0.3, 0.4) is 0 Å². The zero-order chi connectivity index (χ0) is 29.8. The zero-order valence-electron chi connectivity index (χ0n) is 24.6. The number of carbonyl (C=O) groups excluding carboxylic acids is 1. The maximum absolute atomic E-state index is 12.2. The minimum atomic E-state index is -3.85. The van der Waals surface area contributed by atoms with E-state index >= 15 is 0 Å². The highest BCUT2D eigenvalue weighted by molar-refractivity contribution is 5.58. The average molecular weight is 595 g/mol. The monoisotopic (exact) mass is 594 g/mol. The lowest BCUT2D eigenvalue weighted by Crippen LogP contribution is -2.48. The van der Waals surface area contributed by atoms with Crippen molar-refractivity contribution in [2.75, 3.05) is 46.4 Å². The van der Waals surface area contributed by atoms with Crippen molar-refractivity contribution < 1.29 is 27.1 Å². The fourth-order valence-electron chi connectivity index (χ4n) is 6.96. The Bertz CT molecular complexity index is 1230. The van der Waals surface area contributed by atoms with Gasteiger partial charge in [-0.25, -0.2) is 9.50 Å². The maximum atomic E-state index is 12.2. The molecule has 8 nitrogen and oxygen atoms in total. The van der Waals surface area contributed by atoms with E-state index in [-0.39, 0.29) is 11.8 Å². The summed E-state index contributed by atoms with van der Waals surface area (Å²) >= 11 is 0. The SMILES string of the molecule is CC(C)NC(c1cn2ncc(C3CN(C4COC4)CC3C=O)cc2n1)C(C1CC1)C1CC1.CN1CC(F)(F)C(F)(F)C1. The van der Waals surface area contributed by atoms with Crippen LogP contribution < -0.4 is 5.32 Å². The second-order valence-corrected chi connectivity index (χ2v) is 13.4. The molecule has 2 saturated carbocycles. The Morgan fingerprint density at radius 3 is 2.17 bits per heavy atom. The number of fused-ring (bicyclic) bond motifs is 1. The molecule has 5 fully saturated rings. The van der Waals surface area contributed by atoms with Crippen molar-refractivity contribution in [3.05, 3.63) is 29.7 Å². The highest BCUT2D eigenvalue weighted by Gasteiger charge is 2.61. The smallest absolute Gasteiger partial charge is 0.323 e. The van der Waals surface area contributed by atoms with Crippen molar-refractivity contribution in [1.82, 2.24) is 29.7 Å². The van der Waals surface area contributed by atoms with Gasteiger partial charge in [-0.15, -0.1) is 0 Å². The van der Waals surface area contributed by atoms with E-state index in [1.807, 2.05) is 10.7 Å². The fourth-order valence-corrected chi connectivity index (χ4v) is 6.96. The number of alkyl halides is 4. The summed E-state index contributed by atoms with van der Waals surface area (Å²) in [4.78, 5) is 20.2. The van der Waals surface area contributed by atoms with Crippen LogP contribution in [0, 0.1) is 23.7 Å². The van der Waals surface area contributed by atoms with Crippen LogP contribution in [0.4, 0.5) is 17.6 Å². The summed E-state index contributed by atoms with van der Waals surface area (Å²) < 4.78 is 56.0.